The van der Waals surface area contributed by atoms with Crippen molar-refractivity contribution in [3.63, 3.8) is 0 Å². The van der Waals surface area contributed by atoms with Crippen molar-refractivity contribution in [2.75, 3.05) is 60.6 Å². The molecule has 4 aliphatic carbocycles. The van der Waals surface area contributed by atoms with Gasteiger partial charge in [-0.25, -0.2) is 9.59 Å². The number of carbonyl (C=O) groups is 5. The van der Waals surface area contributed by atoms with E-state index in [1.165, 1.54) is 90.1 Å². The summed E-state index contributed by atoms with van der Waals surface area (Å²) in [6, 6.07) is 20.7. The highest BCUT2D eigenvalue weighted by Gasteiger charge is 2.42. The van der Waals surface area contributed by atoms with Crippen LogP contribution in [0.1, 0.15) is 151 Å². The first-order valence-corrected chi connectivity index (χ1v) is 33.2. The van der Waals surface area contributed by atoms with Gasteiger partial charge in [0.15, 0.2) is 0 Å². The third kappa shape index (κ3) is 14.3. The van der Waals surface area contributed by atoms with Gasteiger partial charge in [-0.15, -0.1) is 0 Å². The number of aromatic nitrogens is 3. The standard InChI is InChI=1S/C25H32N2O2.C22H27BrN2O2.C22H28N2O2.C4H4O4.2CH4.7H2/c1-4-15(14-28)10-23(29)17-11-19-18-6-5-7-21-24(18)20(12-22(19)26(2)13-17)25(27(21)3)16-8-9-16;1-4-13(12-26)8-20(27)14-9-16-15-6-5-7-18-21(15)17(22(23)25(18)3)10-19(16)24(2)11-14;1-4-14(13-25)8-21(26)15-9-18-17-6-5-7-19-22(17)16(12-23(19)2)10-20(18)24(3)11-15;5-3(6)1-2-4(7)8;;;;;;;;;/h5-7,11,15-17,22,28H,4,8-10,12-14H2,1-3H3;5-7,9,13-14,19,26H,4,8,10-12H2,1-3H3;5-7,9,12,14-15,20,25H,4,8,10-11,13H2,1-3H3;1-2H,(H,5,6)(H,7,8);2*1H4;7*1H/b;;;2-1-;;;;;;;;;/t15-,17-,22-;13-,14-,19-;14-,15-,20-;;;;;;;;;;/m111........../s1/i;;;;;;6*1+1D;1+1. The molecule has 0 amide bonds. The Morgan fingerprint density at radius 3 is 1.30 bits per heavy atom. The van der Waals surface area contributed by atoms with Crippen LogP contribution < -0.4 is 0 Å². The molecule has 17 heteroatoms. The lowest BCUT2D eigenvalue weighted by Gasteiger charge is -2.40. The Morgan fingerprint density at radius 1 is 0.543 bits per heavy atom. The van der Waals surface area contributed by atoms with E-state index < -0.39 is 11.9 Å². The number of rotatable bonds is 18. The molecule has 0 radical (unpaired) electrons. The van der Waals surface area contributed by atoms with E-state index in [-0.39, 0.29) is 89.0 Å². The highest BCUT2D eigenvalue weighted by atomic mass is 79.9. The molecule has 6 aromatic rings. The monoisotopic (exact) mass is 1350 g/mol. The Kier molecular flexibility index (Phi) is 20.7. The van der Waals surface area contributed by atoms with Gasteiger partial charge in [0, 0.05) is 192 Å². The zero-order chi connectivity index (χ0) is 76.6. The first kappa shape index (κ1) is 62.9. The average Bonchev–Trinajstić information content (AvgIpc) is 1.59. The zero-order valence-electron chi connectivity index (χ0n) is 65.8. The molecule has 92 heavy (non-hydrogen) atoms. The molecule has 3 aliphatic heterocycles. The normalized spacial score (nSPS) is 22.7. The number of fused-ring (bicyclic) bond motifs is 6. The number of Topliss-reactive ketones (excluding diaryl/α,β-unsaturated/α-hetero) is 3. The van der Waals surface area contributed by atoms with Crippen molar-refractivity contribution in [3.8, 4) is 0 Å². The van der Waals surface area contributed by atoms with Crippen LogP contribution in [-0.4, -0.2) is 162 Å². The maximum absolute atomic E-state index is 13.0. The van der Waals surface area contributed by atoms with Gasteiger partial charge in [-0.3, -0.25) is 29.1 Å². The molecular weight excluding hydrogens is 1220 g/mol. The molecule has 1 fully saturated rings. The van der Waals surface area contributed by atoms with Crippen molar-refractivity contribution in [1.82, 2.24) is 28.4 Å². The SMILES string of the molecule is C.C.CC[C@@H](CO)CC(=O)[C@@H]1C=C2c3cccc4c3c(c(Br)n4C)C[C@H]2N(C)C1.CC[C@@H](CO)CC(=O)[C@@H]1C=C2c3cccc4c3c(c(C3CC3)n4C)C[C@H]2N(C)C1.CC[C@@H](CO)CC(=O)[C@@H]1C=C2c3cccc4c3c(cn4C)C[C@H]2N(C)C1.O=C(O)/C=C\C(=O)O.[2HH].[2H][2H].[2H][2H].[2H][2H].[2H][2H].[2H][2H].[2H][2H]. The summed E-state index contributed by atoms with van der Waals surface area (Å²) in [4.78, 5) is 64.9. The van der Waals surface area contributed by atoms with Gasteiger partial charge in [-0.2, -0.15) is 0 Å². The number of likely N-dealkylation sites (N-methyl/N-ethyl adjacent to an activating group) is 3. The number of ketones is 3. The minimum absolute atomic E-state index is 0. The topological polar surface area (TPSA) is 211 Å². The predicted molar refractivity (Wildman–Crippen MR) is 387 cm³/mol. The second-order valence-electron chi connectivity index (χ2n) is 26.4. The molecule has 3 aromatic heterocycles. The fourth-order valence-corrected chi connectivity index (χ4v) is 15.8. The third-order valence-corrected chi connectivity index (χ3v) is 21.7. The van der Waals surface area contributed by atoms with Crippen LogP contribution in [0.3, 0.4) is 0 Å². The number of carbonyl (C=O) groups excluding carboxylic acids is 3. The second-order valence-corrected chi connectivity index (χ2v) is 27.2. The molecule has 5 N–H and O–H groups in total. The summed E-state index contributed by atoms with van der Waals surface area (Å²) < 4.78 is 68.0. The molecule has 9 atom stereocenters. The Hall–Kier alpha value is -6.57. The molecule has 1 saturated carbocycles. The van der Waals surface area contributed by atoms with Crippen molar-refractivity contribution < 1.29 is 68.7 Å². The maximum atomic E-state index is 13.0. The number of carboxylic acids is 2. The molecule has 0 bridgehead atoms. The number of benzene rings is 3. The van der Waals surface area contributed by atoms with Crippen LogP contribution >= 0.6 is 15.9 Å². The van der Waals surface area contributed by atoms with Crippen molar-refractivity contribution >= 4 is 94.6 Å². The third-order valence-electron chi connectivity index (χ3n) is 20.7. The van der Waals surface area contributed by atoms with Crippen molar-refractivity contribution in [3.05, 3.63) is 135 Å². The summed E-state index contributed by atoms with van der Waals surface area (Å²) in [6.07, 6.45) is 19.7. The van der Waals surface area contributed by atoms with Gasteiger partial charge in [-0.05, 0) is 161 Å². The van der Waals surface area contributed by atoms with Gasteiger partial charge in [0.1, 0.15) is 17.3 Å². The average molecular weight is 1350 g/mol. The van der Waals surface area contributed by atoms with Gasteiger partial charge in [0.25, 0.3) is 0 Å². The van der Waals surface area contributed by atoms with Crippen LogP contribution in [0, 0.1) is 35.5 Å². The van der Waals surface area contributed by atoms with Gasteiger partial charge in [-0.1, -0.05) is 110 Å². The van der Waals surface area contributed by atoms with Crippen LogP contribution in [0.15, 0.2) is 95.8 Å². The van der Waals surface area contributed by atoms with Crippen LogP contribution in [0.25, 0.3) is 49.4 Å². The number of hydrogen-bond donors (Lipinski definition) is 5. The van der Waals surface area contributed by atoms with Crippen molar-refractivity contribution in [2.24, 2.45) is 56.7 Å². The molecule has 6 heterocycles. The molecule has 13 rings (SSSR count). The quantitative estimate of drug-likeness (QED) is 0.0508. The number of halogens is 1. The number of nitrogens with zero attached hydrogens (tertiary/aromatic N) is 6. The van der Waals surface area contributed by atoms with Gasteiger partial charge in [0.05, 0.1) is 4.60 Å². The van der Waals surface area contributed by atoms with Crippen LogP contribution in [0.4, 0.5) is 0 Å². The van der Waals surface area contributed by atoms with E-state index in [1.807, 2.05) is 20.8 Å². The van der Waals surface area contributed by atoms with Gasteiger partial charge >= 0.3 is 11.9 Å². The Bertz CT molecular complexity index is 3890. The molecule has 3 aromatic carbocycles. The summed E-state index contributed by atoms with van der Waals surface area (Å²) in [6.45, 7) is 8.71. The first-order chi connectivity index (χ1) is 49.1. The molecule has 510 valence electrons. The van der Waals surface area contributed by atoms with Gasteiger partial charge < -0.3 is 39.2 Å². The van der Waals surface area contributed by atoms with E-state index >= 15 is 0 Å². The van der Waals surface area contributed by atoms with Crippen molar-refractivity contribution in [1.29, 1.82) is 0 Å². The number of hydrogen-bond acceptors (Lipinski definition) is 11. The van der Waals surface area contributed by atoms with Gasteiger partial charge in [0.2, 0.25) is 0 Å². The molecule has 0 unspecified atom stereocenters. The lowest BCUT2D eigenvalue weighted by molar-refractivity contribution is -0.134. The second kappa shape index (κ2) is 30.2. The summed E-state index contributed by atoms with van der Waals surface area (Å²) in [7, 11) is 12.9. The molecule has 16 nitrogen and oxygen atoms in total. The highest BCUT2D eigenvalue weighted by Crippen LogP contribution is 2.51. The van der Waals surface area contributed by atoms with E-state index in [0.717, 1.165) is 68.7 Å². The zero-order valence-corrected chi connectivity index (χ0v) is 55.4. The molecule has 0 saturated heterocycles. The minimum Gasteiger partial charge on any atom is -0.478 e. The number of aryl methyl sites for hydroxylation is 3. The number of aliphatic hydroxyl groups is 3. The molecule has 7 aliphatic rings. The van der Waals surface area contributed by atoms with E-state index in [4.69, 9.17) is 28.0 Å². The minimum atomic E-state index is -1.26. The smallest absolute Gasteiger partial charge is 0.328 e. The Morgan fingerprint density at radius 2 is 0.913 bits per heavy atom. The van der Waals surface area contributed by atoms with E-state index in [0.29, 0.717) is 49.5 Å². The Balaban J connectivity index is 0.000000691. The van der Waals surface area contributed by atoms with E-state index in [1.54, 1.807) is 11.3 Å². The van der Waals surface area contributed by atoms with E-state index in [9.17, 15) is 39.3 Å². The molecular formula is C75H113BrN6O10. The molecule has 0 spiro atoms. The van der Waals surface area contributed by atoms with Crippen LogP contribution in [0.2, 0.25) is 0 Å². The Labute approximate surface area is 572 Å². The van der Waals surface area contributed by atoms with Crippen LogP contribution in [0.5, 0.6) is 0 Å². The summed E-state index contributed by atoms with van der Waals surface area (Å²) in [5.41, 5.74) is 17.5. The van der Waals surface area contributed by atoms with E-state index in [2.05, 4.69) is 166 Å². The van der Waals surface area contributed by atoms with Crippen molar-refractivity contribution in [2.45, 2.75) is 130 Å². The largest absolute Gasteiger partial charge is 0.478 e. The highest BCUT2D eigenvalue weighted by molar-refractivity contribution is 9.10. The fourth-order valence-electron chi connectivity index (χ4n) is 15.2. The van der Waals surface area contributed by atoms with Crippen LogP contribution in [-0.2, 0) is 64.4 Å². The fraction of sp³-hybridized carbons (Fsp3) is 0.507. The summed E-state index contributed by atoms with van der Waals surface area (Å²) in [5, 5.41) is 48.1. The number of aliphatic carboxylic acids is 2. The summed E-state index contributed by atoms with van der Waals surface area (Å²) in [5.74, 6) is -1.00. The number of carboxylic acid groups (broad SMARTS) is 2. The predicted octanol–water partition coefficient (Wildman–Crippen LogP) is 13.4. The lowest BCUT2D eigenvalue weighted by Crippen LogP contribution is -2.44. The number of aliphatic hydroxyl groups excluding tert-OH is 3. The first-order valence-electron chi connectivity index (χ1n) is 38.4. The summed E-state index contributed by atoms with van der Waals surface area (Å²) >= 11 is 3.78. The maximum Gasteiger partial charge on any atom is 0.328 e. The lowest BCUT2D eigenvalue weighted by atomic mass is 9.77.